The molecule has 2 aromatic rings. The number of aryl methyl sites for hydroxylation is 1. The van der Waals surface area contributed by atoms with E-state index >= 15 is 0 Å². The van der Waals surface area contributed by atoms with E-state index in [4.69, 9.17) is 9.47 Å². The van der Waals surface area contributed by atoms with Gasteiger partial charge < -0.3 is 0 Å². The Kier molecular flexibility index (Phi) is 6.81. The van der Waals surface area contributed by atoms with Crippen molar-refractivity contribution in [2.24, 2.45) is 5.92 Å². The topological polar surface area (TPSA) is 72.2 Å². The number of benzene rings is 1. The van der Waals surface area contributed by atoms with Crippen molar-refractivity contribution in [3.05, 3.63) is 33.9 Å². The van der Waals surface area contributed by atoms with Crippen molar-refractivity contribution in [2.75, 3.05) is 13.2 Å². The first kappa shape index (κ1) is 19.2. The Balaban J connectivity index is 2.24. The average molecular weight is 405 g/mol. The molecule has 0 aliphatic rings. The van der Waals surface area contributed by atoms with Gasteiger partial charge in [0.05, 0.1) is 0 Å². The first-order valence-electron chi connectivity index (χ1n) is 8.28. The Hall–Kier alpha value is -2.09. The molecule has 0 unspecified atom stereocenters. The molecular weight excluding hydrogens is 383 g/mol. The van der Waals surface area contributed by atoms with E-state index in [1.807, 2.05) is 19.1 Å². The zero-order chi connectivity index (χ0) is 18.4. The number of hydrogen-bond donors (Lipinski definition) is 0. The second-order valence-electron chi connectivity index (χ2n) is 6.01. The average Bonchev–Trinajstić information content (AvgIpc) is 2.97. The van der Waals surface area contributed by atoms with E-state index in [1.165, 1.54) is 0 Å². The number of nitrogens with zero attached hydrogens (tertiary/aromatic N) is 2. The summed E-state index contributed by atoms with van der Waals surface area (Å²) in [6.07, 6.45) is 0.939. The fraction of sp³-hybridized carbons (Fsp3) is 0.421. The molecule has 132 valence electrons. The van der Waals surface area contributed by atoms with Crippen LogP contribution in [0.4, 0.5) is 0 Å². The van der Waals surface area contributed by atoms with Crippen LogP contribution in [-0.4, -0.2) is 38.7 Å². The zero-order valence-electron chi connectivity index (χ0n) is 15.0. The second-order valence-corrected chi connectivity index (χ2v) is 8.10. The van der Waals surface area contributed by atoms with E-state index in [0.29, 0.717) is 40.6 Å². The molecule has 0 saturated heterocycles. The Morgan fingerprint density at radius 1 is 1.40 bits per heavy atom. The summed E-state index contributed by atoms with van der Waals surface area (Å²) in [4.78, 5) is 16.5. The van der Waals surface area contributed by atoms with E-state index in [9.17, 15) is 10.1 Å². The molecule has 1 aromatic carbocycles. The van der Waals surface area contributed by atoms with Gasteiger partial charge >= 0.3 is 154 Å². The molecule has 1 aromatic heterocycles. The van der Waals surface area contributed by atoms with Crippen molar-refractivity contribution < 1.29 is 14.3 Å². The van der Waals surface area contributed by atoms with E-state index < -0.39 is 0 Å². The van der Waals surface area contributed by atoms with Gasteiger partial charge in [0.1, 0.15) is 0 Å². The zero-order valence-corrected chi connectivity index (χ0v) is 16.7. The predicted octanol–water partition coefficient (Wildman–Crippen LogP) is 3.59. The quantitative estimate of drug-likeness (QED) is 0.520. The van der Waals surface area contributed by atoms with Gasteiger partial charge in [0.2, 0.25) is 0 Å². The van der Waals surface area contributed by atoms with Crippen LogP contribution in [0.15, 0.2) is 18.2 Å². The first-order valence-corrected chi connectivity index (χ1v) is 9.99. The number of ether oxygens (including phenoxy) is 2. The fourth-order valence-electron chi connectivity index (χ4n) is 2.19. The summed E-state index contributed by atoms with van der Waals surface area (Å²) in [5, 5.41) is 9.41. The molecule has 0 aliphatic heterocycles. The van der Waals surface area contributed by atoms with Crippen molar-refractivity contribution in [3.8, 4) is 22.0 Å². The van der Waals surface area contributed by atoms with Crippen LogP contribution in [-0.2, 0) is 4.74 Å². The summed E-state index contributed by atoms with van der Waals surface area (Å²) in [5.74, 6) is 0.844. The summed E-state index contributed by atoms with van der Waals surface area (Å²) in [5.41, 5.74) is 2.04. The number of esters is 1. The second kappa shape index (κ2) is 8.84. The summed E-state index contributed by atoms with van der Waals surface area (Å²) in [6.45, 7) is 8.81. The molecule has 0 fully saturated rings. The van der Waals surface area contributed by atoms with E-state index in [2.05, 4.69) is 24.9 Å². The van der Waals surface area contributed by atoms with E-state index in [1.54, 1.807) is 13.0 Å². The molecule has 0 aliphatic carbocycles. The Bertz CT molecular complexity index is 790. The molecule has 0 atom stereocenters. The molecule has 25 heavy (non-hydrogen) atoms. The predicted molar refractivity (Wildman–Crippen MR) is 97.0 cm³/mol. The van der Waals surface area contributed by atoms with Crippen LogP contribution < -0.4 is 4.74 Å². The van der Waals surface area contributed by atoms with Gasteiger partial charge in [-0.15, -0.1) is 0 Å². The Labute approximate surface area is 154 Å². The monoisotopic (exact) mass is 406 g/mol. The molecule has 0 spiro atoms. The van der Waals surface area contributed by atoms with Gasteiger partial charge in [-0.3, -0.25) is 0 Å². The van der Waals surface area contributed by atoms with Gasteiger partial charge in [-0.1, -0.05) is 0 Å². The summed E-state index contributed by atoms with van der Waals surface area (Å²) >= 11 is -0.219. The fourth-order valence-corrected chi connectivity index (χ4v) is 4.19. The molecule has 0 amide bonds. The van der Waals surface area contributed by atoms with Crippen LogP contribution in [0, 0.1) is 24.2 Å². The molecule has 2 rings (SSSR count). The Morgan fingerprint density at radius 3 is 2.80 bits per heavy atom. The maximum absolute atomic E-state index is 12.0. The third-order valence-corrected chi connectivity index (χ3v) is 6.05. The molecule has 0 bridgehead atoms. The normalized spacial score (nSPS) is 10.6. The third kappa shape index (κ3) is 4.94. The SMILES string of the molecule is CCOC(=O)c1[se]c(-c2ccc(OCCC(C)C)c(C#N)c2)nc1C. The molecular formula is C19H22N2O3Se. The summed E-state index contributed by atoms with van der Waals surface area (Å²) < 4.78 is 12.3. The Morgan fingerprint density at radius 2 is 2.16 bits per heavy atom. The van der Waals surface area contributed by atoms with Crippen molar-refractivity contribution in [1.82, 2.24) is 4.98 Å². The van der Waals surface area contributed by atoms with Crippen LogP contribution in [0.2, 0.25) is 0 Å². The molecule has 5 nitrogen and oxygen atoms in total. The van der Waals surface area contributed by atoms with Crippen molar-refractivity contribution in [3.63, 3.8) is 0 Å². The van der Waals surface area contributed by atoms with Gasteiger partial charge in [-0.25, -0.2) is 0 Å². The van der Waals surface area contributed by atoms with Crippen LogP contribution in [0.5, 0.6) is 5.75 Å². The number of nitriles is 1. The summed E-state index contributed by atoms with van der Waals surface area (Å²) in [7, 11) is 0. The molecule has 0 N–H and O–H groups in total. The third-order valence-electron chi connectivity index (χ3n) is 3.56. The number of carbonyl (C=O) groups is 1. The van der Waals surface area contributed by atoms with Crippen LogP contribution in [0.25, 0.3) is 10.1 Å². The van der Waals surface area contributed by atoms with Crippen molar-refractivity contribution in [2.45, 2.75) is 34.1 Å². The van der Waals surface area contributed by atoms with Crippen molar-refractivity contribution in [1.29, 1.82) is 5.26 Å². The van der Waals surface area contributed by atoms with E-state index in [0.717, 1.165) is 16.6 Å². The van der Waals surface area contributed by atoms with Crippen LogP contribution in [0.1, 0.15) is 47.7 Å². The van der Waals surface area contributed by atoms with Gasteiger partial charge in [0.25, 0.3) is 0 Å². The van der Waals surface area contributed by atoms with Gasteiger partial charge in [-0.05, 0) is 0 Å². The van der Waals surface area contributed by atoms with Crippen molar-refractivity contribution >= 4 is 20.5 Å². The minimum atomic E-state index is -0.298. The number of rotatable bonds is 7. The maximum atomic E-state index is 12.0. The number of carbonyl (C=O) groups excluding carboxylic acids is 1. The first-order chi connectivity index (χ1) is 12.0. The standard InChI is InChI=1S/C19H22N2O3Se/c1-5-23-19(22)17-13(4)21-18(25-17)14-6-7-16(15(10-14)11-20)24-9-8-12(2)3/h6-7,10,12H,5,8-9H2,1-4H3. The molecule has 6 heteroatoms. The molecule has 1 heterocycles. The minimum absolute atomic E-state index is 0.219. The molecule has 0 radical (unpaired) electrons. The van der Waals surface area contributed by atoms with Gasteiger partial charge in [0.15, 0.2) is 0 Å². The van der Waals surface area contributed by atoms with Gasteiger partial charge in [-0.2, -0.15) is 0 Å². The molecule has 0 saturated carbocycles. The van der Waals surface area contributed by atoms with Crippen LogP contribution >= 0.6 is 0 Å². The van der Waals surface area contributed by atoms with Crippen LogP contribution in [0.3, 0.4) is 0 Å². The van der Waals surface area contributed by atoms with Gasteiger partial charge in [0, 0.05) is 0 Å². The number of hydrogen-bond acceptors (Lipinski definition) is 5. The van der Waals surface area contributed by atoms with E-state index in [-0.39, 0.29) is 20.5 Å². The number of aromatic nitrogens is 1. The summed E-state index contributed by atoms with van der Waals surface area (Å²) in [6, 6.07) is 7.68.